The molecular weight excluding hydrogens is 409 g/mol. The summed E-state index contributed by atoms with van der Waals surface area (Å²) in [7, 11) is 0.0396. The molecule has 118 valence electrons. The van der Waals surface area contributed by atoms with E-state index in [1.807, 2.05) is 0 Å². The first-order valence-electron chi connectivity index (χ1n) is 5.65. The number of rotatable bonds is 6. The minimum absolute atomic E-state index is 0.160. The molecule has 0 saturated carbocycles. The zero-order valence-electron chi connectivity index (χ0n) is 10.9. The summed E-state index contributed by atoms with van der Waals surface area (Å²) in [6.45, 7) is 0.249. The average Bonchev–Trinajstić information content (AvgIpc) is 2.35. The van der Waals surface area contributed by atoms with Crippen molar-refractivity contribution in [1.29, 1.82) is 0 Å². The van der Waals surface area contributed by atoms with Gasteiger partial charge in [-0.15, -0.1) is 0 Å². The molecular formula is C11H12BrClFNO4S2. The molecule has 0 radical (unpaired) electrons. The Hall–Kier alpha value is -0.510. The fraction of sp³-hybridized carbons (Fsp3) is 0.364. The van der Waals surface area contributed by atoms with E-state index in [2.05, 4.69) is 21.2 Å². The van der Waals surface area contributed by atoms with Crippen LogP contribution < -0.4 is 5.32 Å². The van der Waals surface area contributed by atoms with Crippen LogP contribution in [-0.4, -0.2) is 37.1 Å². The summed E-state index contributed by atoms with van der Waals surface area (Å²) in [5, 5.41) is 2.49. The van der Waals surface area contributed by atoms with Crippen LogP contribution in [0, 0.1) is 5.82 Å². The van der Waals surface area contributed by atoms with Gasteiger partial charge in [0.25, 0.3) is 15.0 Å². The maximum Gasteiger partial charge on any atom is 0.262 e. The second kappa shape index (κ2) is 7.66. The summed E-state index contributed by atoms with van der Waals surface area (Å²) in [5.74, 6) is -1.11. The normalized spacial score (nSPS) is 13.0. The number of carbonyl (C=O) groups excluding carboxylic acids is 1. The van der Waals surface area contributed by atoms with Crippen LogP contribution in [0.25, 0.3) is 0 Å². The molecule has 5 nitrogen and oxygen atoms in total. The molecule has 0 aromatic heterocycles. The average molecular weight is 421 g/mol. The highest BCUT2D eigenvalue weighted by Gasteiger charge is 2.21. The molecule has 0 aliphatic carbocycles. The van der Waals surface area contributed by atoms with Crippen molar-refractivity contribution in [1.82, 2.24) is 5.32 Å². The molecule has 0 spiro atoms. The molecule has 0 bridgehead atoms. The third kappa shape index (κ3) is 5.65. The first-order chi connectivity index (χ1) is 9.62. The number of hydrogen-bond acceptors (Lipinski definition) is 4. The van der Waals surface area contributed by atoms with E-state index in [0.29, 0.717) is 12.2 Å². The molecule has 1 aromatic carbocycles. The monoisotopic (exact) mass is 419 g/mol. The fourth-order valence-corrected chi connectivity index (χ4v) is 4.09. The topological polar surface area (TPSA) is 80.3 Å². The predicted molar refractivity (Wildman–Crippen MR) is 83.0 cm³/mol. The summed E-state index contributed by atoms with van der Waals surface area (Å²) in [4.78, 5) is 11.3. The lowest BCUT2D eigenvalue weighted by Gasteiger charge is -2.08. The van der Waals surface area contributed by atoms with Crippen LogP contribution in [0.3, 0.4) is 0 Å². The summed E-state index contributed by atoms with van der Waals surface area (Å²) < 4.78 is 46.8. The minimum Gasteiger partial charge on any atom is -0.352 e. The van der Waals surface area contributed by atoms with Crippen molar-refractivity contribution < 1.29 is 21.8 Å². The van der Waals surface area contributed by atoms with Crippen LogP contribution in [0.2, 0.25) is 0 Å². The zero-order chi connectivity index (χ0) is 16.2. The third-order valence-corrected chi connectivity index (χ3v) is 5.69. The quantitative estimate of drug-likeness (QED) is 0.564. The van der Waals surface area contributed by atoms with Gasteiger partial charge in [0.15, 0.2) is 0 Å². The van der Waals surface area contributed by atoms with Gasteiger partial charge in [0.1, 0.15) is 10.7 Å². The van der Waals surface area contributed by atoms with Crippen LogP contribution in [0.4, 0.5) is 4.39 Å². The largest absolute Gasteiger partial charge is 0.352 e. The SMILES string of the molecule is CS(=O)CCCNC(=O)c1cc(F)c(Br)c(S(=O)(=O)Cl)c1. The van der Waals surface area contributed by atoms with Gasteiger partial charge in [-0.25, -0.2) is 12.8 Å². The zero-order valence-corrected chi connectivity index (χ0v) is 14.8. The molecule has 0 saturated heterocycles. The van der Waals surface area contributed by atoms with Crippen molar-refractivity contribution in [2.24, 2.45) is 0 Å². The molecule has 1 aromatic rings. The highest BCUT2D eigenvalue weighted by atomic mass is 79.9. The van der Waals surface area contributed by atoms with Gasteiger partial charge >= 0.3 is 0 Å². The van der Waals surface area contributed by atoms with Crippen molar-refractivity contribution in [3.63, 3.8) is 0 Å². The first kappa shape index (κ1) is 18.5. The van der Waals surface area contributed by atoms with Crippen LogP contribution in [0.5, 0.6) is 0 Å². The lowest BCUT2D eigenvalue weighted by molar-refractivity contribution is 0.0953. The lowest BCUT2D eigenvalue weighted by Crippen LogP contribution is -2.25. The van der Waals surface area contributed by atoms with E-state index in [1.165, 1.54) is 0 Å². The van der Waals surface area contributed by atoms with Crippen molar-refractivity contribution in [3.05, 3.63) is 28.0 Å². The van der Waals surface area contributed by atoms with Gasteiger partial charge in [-0.2, -0.15) is 0 Å². The lowest BCUT2D eigenvalue weighted by atomic mass is 10.2. The molecule has 0 fully saturated rings. The molecule has 10 heteroatoms. The van der Waals surface area contributed by atoms with Gasteiger partial charge in [0.2, 0.25) is 0 Å². The Morgan fingerprint density at radius 1 is 1.48 bits per heavy atom. The van der Waals surface area contributed by atoms with Gasteiger partial charge < -0.3 is 5.32 Å². The maximum atomic E-state index is 13.6. The van der Waals surface area contributed by atoms with Crippen LogP contribution >= 0.6 is 26.6 Å². The molecule has 1 amide bonds. The highest BCUT2D eigenvalue weighted by Crippen LogP contribution is 2.29. The summed E-state index contributed by atoms with van der Waals surface area (Å²) in [6, 6.07) is 1.89. The molecule has 1 atom stereocenters. The molecule has 21 heavy (non-hydrogen) atoms. The Morgan fingerprint density at radius 2 is 2.10 bits per heavy atom. The summed E-state index contributed by atoms with van der Waals surface area (Å²) in [6.07, 6.45) is 2.04. The molecule has 1 N–H and O–H groups in total. The number of halogens is 3. The van der Waals surface area contributed by atoms with E-state index in [1.54, 1.807) is 6.26 Å². The predicted octanol–water partition coefficient (Wildman–Crippen LogP) is 2.01. The fourth-order valence-electron chi connectivity index (χ4n) is 1.45. The smallest absolute Gasteiger partial charge is 0.262 e. The van der Waals surface area contributed by atoms with Crippen molar-refractivity contribution in [2.45, 2.75) is 11.3 Å². The van der Waals surface area contributed by atoms with Gasteiger partial charge in [-0.1, -0.05) is 0 Å². The highest BCUT2D eigenvalue weighted by molar-refractivity contribution is 9.10. The van der Waals surface area contributed by atoms with E-state index in [-0.39, 0.29) is 16.6 Å². The third-order valence-electron chi connectivity index (χ3n) is 2.41. The van der Waals surface area contributed by atoms with Crippen LogP contribution in [0.15, 0.2) is 21.5 Å². The van der Waals surface area contributed by atoms with E-state index >= 15 is 0 Å². The van der Waals surface area contributed by atoms with Crippen molar-refractivity contribution in [2.75, 3.05) is 18.6 Å². The van der Waals surface area contributed by atoms with Gasteiger partial charge in [-0.3, -0.25) is 9.00 Å². The second-order valence-electron chi connectivity index (χ2n) is 4.09. The number of benzene rings is 1. The Labute approximate surface area is 137 Å². The minimum atomic E-state index is -4.18. The standard InChI is InChI=1S/C11H12BrClFNO4S2/c1-20(17)4-2-3-15-11(16)7-5-8(14)10(12)9(6-7)21(13,18)19/h5-6H,2-4H2,1H3,(H,15,16). The van der Waals surface area contributed by atoms with E-state index in [4.69, 9.17) is 10.7 Å². The van der Waals surface area contributed by atoms with Crippen LogP contribution in [-0.2, 0) is 19.9 Å². The Morgan fingerprint density at radius 3 is 2.62 bits per heavy atom. The number of nitrogens with one attached hydrogen (secondary N) is 1. The van der Waals surface area contributed by atoms with E-state index in [9.17, 15) is 21.8 Å². The second-order valence-corrected chi connectivity index (χ2v) is 8.98. The summed E-state index contributed by atoms with van der Waals surface area (Å²) >= 11 is 2.77. The number of hydrogen-bond donors (Lipinski definition) is 1. The Kier molecular flexibility index (Phi) is 6.76. The maximum absolute atomic E-state index is 13.6. The van der Waals surface area contributed by atoms with E-state index < -0.39 is 36.5 Å². The van der Waals surface area contributed by atoms with Crippen LogP contribution in [0.1, 0.15) is 16.8 Å². The van der Waals surface area contributed by atoms with Crippen molar-refractivity contribution >= 4 is 52.4 Å². The van der Waals surface area contributed by atoms with E-state index in [0.717, 1.165) is 12.1 Å². The molecule has 0 aliphatic rings. The van der Waals surface area contributed by atoms with Gasteiger partial charge in [-0.05, 0) is 34.5 Å². The first-order valence-corrected chi connectivity index (χ1v) is 10.5. The van der Waals surface area contributed by atoms with Gasteiger partial charge in [0, 0.05) is 45.6 Å². The molecule has 0 heterocycles. The number of amides is 1. The Balaban J connectivity index is 2.91. The van der Waals surface area contributed by atoms with Gasteiger partial charge in [0.05, 0.1) is 4.47 Å². The molecule has 0 aliphatic heterocycles. The van der Waals surface area contributed by atoms with Crippen molar-refractivity contribution in [3.8, 4) is 0 Å². The Bertz CT molecular complexity index is 681. The molecule has 1 rings (SSSR count). The summed E-state index contributed by atoms with van der Waals surface area (Å²) in [5.41, 5.74) is -0.160. The molecule has 1 unspecified atom stereocenters. The number of carbonyl (C=O) groups is 1.